The van der Waals surface area contributed by atoms with E-state index in [1.165, 1.54) is 0 Å². The van der Waals surface area contributed by atoms with Crippen molar-refractivity contribution < 1.29 is 9.53 Å². The first-order chi connectivity index (χ1) is 12.3. The molecular formula is C20H23N3O2. The van der Waals surface area contributed by atoms with E-state index in [4.69, 9.17) is 4.74 Å². The molecule has 0 spiro atoms. The highest BCUT2D eigenvalue weighted by Gasteiger charge is 2.33. The molecule has 2 aliphatic rings. The van der Waals surface area contributed by atoms with E-state index in [2.05, 4.69) is 16.0 Å². The largest absolute Gasteiger partial charge is 0.378 e. The lowest BCUT2D eigenvalue weighted by Crippen LogP contribution is -2.38. The number of hydrogen-bond donors (Lipinski definition) is 0. The molecule has 0 saturated carbocycles. The van der Waals surface area contributed by atoms with Gasteiger partial charge in [-0.3, -0.25) is 4.79 Å². The molecule has 25 heavy (non-hydrogen) atoms. The number of nitrogens with zero attached hydrogens (tertiary/aromatic N) is 3. The van der Waals surface area contributed by atoms with Gasteiger partial charge in [0.1, 0.15) is 5.82 Å². The van der Waals surface area contributed by atoms with Crippen LogP contribution in [0.15, 0.2) is 48.7 Å². The van der Waals surface area contributed by atoms with Crippen LogP contribution in [0.2, 0.25) is 0 Å². The van der Waals surface area contributed by atoms with Crippen molar-refractivity contribution in [2.75, 3.05) is 37.7 Å². The molecule has 4 rings (SSSR count). The van der Waals surface area contributed by atoms with Gasteiger partial charge >= 0.3 is 0 Å². The van der Waals surface area contributed by atoms with Crippen LogP contribution in [0, 0.1) is 0 Å². The number of morpholine rings is 1. The summed E-state index contributed by atoms with van der Waals surface area (Å²) in [6, 6.07) is 13.8. The summed E-state index contributed by atoms with van der Waals surface area (Å²) < 4.78 is 5.47. The number of aromatic nitrogens is 1. The molecule has 0 bridgehead atoms. The highest BCUT2D eigenvalue weighted by molar-refractivity contribution is 5.94. The summed E-state index contributed by atoms with van der Waals surface area (Å²) in [6.07, 6.45) is 3.86. The second-order valence-electron chi connectivity index (χ2n) is 6.54. The number of pyridine rings is 1. The maximum atomic E-state index is 13.0. The summed E-state index contributed by atoms with van der Waals surface area (Å²) in [7, 11) is 0. The van der Waals surface area contributed by atoms with Gasteiger partial charge in [0.15, 0.2) is 0 Å². The molecule has 1 aromatic carbocycles. The Morgan fingerprint density at radius 3 is 2.64 bits per heavy atom. The van der Waals surface area contributed by atoms with Crippen molar-refractivity contribution in [1.82, 2.24) is 9.88 Å². The lowest BCUT2D eigenvalue weighted by Gasteiger charge is -2.32. The number of rotatable bonds is 3. The van der Waals surface area contributed by atoms with Gasteiger partial charge in [-0.1, -0.05) is 24.3 Å². The van der Waals surface area contributed by atoms with Crippen LogP contribution in [0.25, 0.3) is 0 Å². The van der Waals surface area contributed by atoms with Gasteiger partial charge in [-0.25, -0.2) is 4.98 Å². The third-order valence-electron chi connectivity index (χ3n) is 5.02. The number of likely N-dealkylation sites (tertiary alicyclic amines) is 1. The van der Waals surface area contributed by atoms with E-state index in [-0.39, 0.29) is 11.9 Å². The Hall–Kier alpha value is -2.40. The summed E-state index contributed by atoms with van der Waals surface area (Å²) in [5, 5.41) is 0. The van der Waals surface area contributed by atoms with Crippen LogP contribution in [0.4, 0.5) is 5.82 Å². The SMILES string of the molecule is O=C(c1ccccc1)N1CCC[C@@H]1c1cccnc1N1CCOCC1. The number of hydrogen-bond acceptors (Lipinski definition) is 4. The summed E-state index contributed by atoms with van der Waals surface area (Å²) in [5.41, 5.74) is 1.91. The van der Waals surface area contributed by atoms with Crippen molar-refractivity contribution >= 4 is 11.7 Å². The fourth-order valence-electron chi connectivity index (χ4n) is 3.79. The van der Waals surface area contributed by atoms with E-state index in [1.54, 1.807) is 0 Å². The smallest absolute Gasteiger partial charge is 0.254 e. The minimum Gasteiger partial charge on any atom is -0.378 e. The molecule has 0 radical (unpaired) electrons. The summed E-state index contributed by atoms with van der Waals surface area (Å²) in [6.45, 7) is 3.96. The molecule has 5 nitrogen and oxygen atoms in total. The molecule has 5 heteroatoms. The van der Waals surface area contributed by atoms with Crippen LogP contribution in [-0.2, 0) is 4.74 Å². The van der Waals surface area contributed by atoms with E-state index < -0.39 is 0 Å². The summed E-state index contributed by atoms with van der Waals surface area (Å²) in [5.74, 6) is 1.11. The number of amides is 1. The average molecular weight is 337 g/mol. The van der Waals surface area contributed by atoms with E-state index in [0.717, 1.165) is 62.6 Å². The van der Waals surface area contributed by atoms with Gasteiger partial charge < -0.3 is 14.5 Å². The second-order valence-corrected chi connectivity index (χ2v) is 6.54. The number of anilines is 1. The summed E-state index contributed by atoms with van der Waals surface area (Å²) >= 11 is 0. The van der Waals surface area contributed by atoms with Gasteiger partial charge in [0.25, 0.3) is 5.91 Å². The van der Waals surface area contributed by atoms with Crippen molar-refractivity contribution in [1.29, 1.82) is 0 Å². The van der Waals surface area contributed by atoms with E-state index in [9.17, 15) is 4.79 Å². The van der Waals surface area contributed by atoms with Gasteiger partial charge in [-0.05, 0) is 31.0 Å². The van der Waals surface area contributed by atoms with Crippen LogP contribution >= 0.6 is 0 Å². The van der Waals surface area contributed by atoms with E-state index >= 15 is 0 Å². The predicted molar refractivity (Wildman–Crippen MR) is 96.7 cm³/mol. The van der Waals surface area contributed by atoms with Gasteiger partial charge in [0.2, 0.25) is 0 Å². The first-order valence-electron chi connectivity index (χ1n) is 8.98. The van der Waals surface area contributed by atoms with E-state index in [1.807, 2.05) is 47.5 Å². The van der Waals surface area contributed by atoms with Crippen molar-refractivity contribution in [3.8, 4) is 0 Å². The fourth-order valence-corrected chi connectivity index (χ4v) is 3.79. The van der Waals surface area contributed by atoms with Crippen molar-refractivity contribution in [2.24, 2.45) is 0 Å². The molecule has 1 atom stereocenters. The van der Waals surface area contributed by atoms with Crippen LogP contribution in [0.3, 0.4) is 0 Å². The van der Waals surface area contributed by atoms with Crippen molar-refractivity contribution in [2.45, 2.75) is 18.9 Å². The Labute approximate surface area is 148 Å². The maximum Gasteiger partial charge on any atom is 0.254 e. The molecule has 2 aromatic rings. The Morgan fingerprint density at radius 2 is 1.84 bits per heavy atom. The standard InChI is InChI=1S/C20H23N3O2/c24-20(16-6-2-1-3-7-16)23-11-5-9-18(23)17-8-4-10-21-19(17)22-12-14-25-15-13-22/h1-4,6-8,10,18H,5,9,11-15H2/t18-/m1/s1. The molecular weight excluding hydrogens is 314 g/mol. The molecule has 1 aromatic heterocycles. The van der Waals surface area contributed by atoms with Gasteiger partial charge in [-0.15, -0.1) is 0 Å². The molecule has 0 unspecified atom stereocenters. The van der Waals surface area contributed by atoms with Crippen molar-refractivity contribution in [3.05, 3.63) is 59.8 Å². The van der Waals surface area contributed by atoms with E-state index in [0.29, 0.717) is 0 Å². The normalized spacial score (nSPS) is 20.7. The first-order valence-corrected chi connectivity index (χ1v) is 8.98. The topological polar surface area (TPSA) is 45.7 Å². The van der Waals surface area contributed by atoms with Crippen LogP contribution < -0.4 is 4.90 Å². The predicted octanol–water partition coefficient (Wildman–Crippen LogP) is 2.90. The van der Waals surface area contributed by atoms with Gasteiger partial charge in [0.05, 0.1) is 19.3 Å². The quantitative estimate of drug-likeness (QED) is 0.864. The Kier molecular flexibility index (Phi) is 4.65. The monoisotopic (exact) mass is 337 g/mol. The van der Waals surface area contributed by atoms with Gasteiger partial charge in [0, 0.05) is 37.0 Å². The summed E-state index contributed by atoms with van der Waals surface area (Å²) in [4.78, 5) is 21.9. The zero-order chi connectivity index (χ0) is 17.1. The first kappa shape index (κ1) is 16.1. The van der Waals surface area contributed by atoms with Crippen LogP contribution in [0.1, 0.15) is 34.8 Å². The minimum absolute atomic E-state index is 0.0965. The van der Waals surface area contributed by atoms with Crippen molar-refractivity contribution in [3.63, 3.8) is 0 Å². The fraction of sp³-hybridized carbons (Fsp3) is 0.400. The number of carbonyl (C=O) groups is 1. The second kappa shape index (κ2) is 7.23. The van der Waals surface area contributed by atoms with Crippen LogP contribution in [-0.4, -0.2) is 48.6 Å². The highest BCUT2D eigenvalue weighted by Crippen LogP contribution is 2.37. The maximum absolute atomic E-state index is 13.0. The minimum atomic E-state index is 0.0965. The Morgan fingerprint density at radius 1 is 1.04 bits per heavy atom. The lowest BCUT2D eigenvalue weighted by molar-refractivity contribution is 0.0735. The lowest BCUT2D eigenvalue weighted by atomic mass is 10.0. The zero-order valence-electron chi connectivity index (χ0n) is 14.3. The number of ether oxygens (including phenoxy) is 1. The molecule has 2 saturated heterocycles. The van der Waals surface area contributed by atoms with Gasteiger partial charge in [-0.2, -0.15) is 0 Å². The number of carbonyl (C=O) groups excluding carboxylic acids is 1. The Balaban J connectivity index is 1.63. The number of benzene rings is 1. The molecule has 1 amide bonds. The molecule has 0 aliphatic carbocycles. The molecule has 2 aliphatic heterocycles. The average Bonchev–Trinajstić information content (AvgIpc) is 3.18. The molecule has 0 N–H and O–H groups in total. The van der Waals surface area contributed by atoms with Crippen LogP contribution in [0.5, 0.6) is 0 Å². The third-order valence-corrected chi connectivity index (χ3v) is 5.02. The third kappa shape index (κ3) is 3.24. The Bertz CT molecular complexity index is 729. The molecule has 3 heterocycles. The molecule has 2 fully saturated rings. The molecule has 130 valence electrons. The highest BCUT2D eigenvalue weighted by atomic mass is 16.5. The zero-order valence-corrected chi connectivity index (χ0v) is 14.3.